The Bertz CT molecular complexity index is 609. The number of hydrogen-bond donors (Lipinski definition) is 2. The normalized spacial score (nSPS) is 12.4. The minimum absolute atomic E-state index is 0.0981. The van der Waals surface area contributed by atoms with Gasteiger partial charge in [-0.2, -0.15) is 0 Å². The van der Waals surface area contributed by atoms with Gasteiger partial charge in [0.15, 0.2) is 0 Å². The minimum atomic E-state index is 0.0981. The Hall–Kier alpha value is -1.29. The summed E-state index contributed by atoms with van der Waals surface area (Å²) in [6.07, 6.45) is 2.51. The first-order valence-electron chi connectivity index (χ1n) is 6.91. The Balaban J connectivity index is 2.33. The Kier molecular flexibility index (Phi) is 5.45. The lowest BCUT2D eigenvalue weighted by Crippen LogP contribution is -2.25. The van der Waals surface area contributed by atoms with Crippen LogP contribution in [0.1, 0.15) is 29.7 Å². The van der Waals surface area contributed by atoms with Gasteiger partial charge >= 0.3 is 0 Å². The van der Waals surface area contributed by atoms with Crippen LogP contribution in [0.25, 0.3) is 0 Å². The second-order valence-electron chi connectivity index (χ2n) is 4.99. The molecule has 0 aliphatic carbocycles. The van der Waals surface area contributed by atoms with Crippen molar-refractivity contribution in [2.24, 2.45) is 0 Å². The van der Waals surface area contributed by atoms with Crippen LogP contribution in [0.2, 0.25) is 10.0 Å². The first kappa shape index (κ1) is 16.1. The molecular formula is C16H19Cl2N3. The number of nitrogen functional groups attached to an aromatic ring is 1. The van der Waals surface area contributed by atoms with Crippen molar-refractivity contribution in [1.82, 2.24) is 10.3 Å². The molecule has 0 saturated heterocycles. The lowest BCUT2D eigenvalue weighted by atomic mass is 9.96. The maximum absolute atomic E-state index is 6.09. The molecule has 0 radical (unpaired) electrons. The largest absolute Gasteiger partial charge is 0.383 e. The SMILES string of the molecule is CCNC(Cc1ccc(Cl)c(Cl)c1)c1c(C)ccnc1N. The van der Waals surface area contributed by atoms with Crippen LogP contribution in [0.5, 0.6) is 0 Å². The van der Waals surface area contributed by atoms with Crippen molar-refractivity contribution in [3.8, 4) is 0 Å². The molecule has 0 amide bonds. The van der Waals surface area contributed by atoms with Gasteiger partial charge in [-0.3, -0.25) is 0 Å². The second-order valence-corrected chi connectivity index (χ2v) is 5.80. The number of pyridine rings is 1. The molecule has 0 saturated carbocycles. The highest BCUT2D eigenvalue weighted by molar-refractivity contribution is 6.42. The average molecular weight is 324 g/mol. The van der Waals surface area contributed by atoms with Gasteiger partial charge in [-0.05, 0) is 49.2 Å². The molecule has 0 fully saturated rings. The number of nitrogens with zero attached hydrogens (tertiary/aromatic N) is 1. The fourth-order valence-electron chi connectivity index (χ4n) is 2.47. The zero-order valence-electron chi connectivity index (χ0n) is 12.2. The van der Waals surface area contributed by atoms with E-state index in [0.717, 1.165) is 29.7 Å². The number of likely N-dealkylation sites (N-methyl/N-ethyl adjacent to an activating group) is 1. The molecule has 1 unspecified atom stereocenters. The molecule has 3 nitrogen and oxygen atoms in total. The summed E-state index contributed by atoms with van der Waals surface area (Å²) in [6.45, 7) is 4.97. The minimum Gasteiger partial charge on any atom is -0.383 e. The summed E-state index contributed by atoms with van der Waals surface area (Å²) < 4.78 is 0. The Morgan fingerprint density at radius 3 is 2.62 bits per heavy atom. The number of anilines is 1. The zero-order valence-corrected chi connectivity index (χ0v) is 13.7. The average Bonchev–Trinajstić information content (AvgIpc) is 2.43. The second kappa shape index (κ2) is 7.12. The molecule has 1 aromatic carbocycles. The summed E-state index contributed by atoms with van der Waals surface area (Å²) in [4.78, 5) is 4.21. The van der Waals surface area contributed by atoms with E-state index in [1.54, 1.807) is 6.20 Å². The molecule has 2 rings (SSSR count). The predicted molar refractivity (Wildman–Crippen MR) is 90.0 cm³/mol. The van der Waals surface area contributed by atoms with E-state index < -0.39 is 0 Å². The lowest BCUT2D eigenvalue weighted by Gasteiger charge is -2.22. The van der Waals surface area contributed by atoms with Gasteiger partial charge in [0.25, 0.3) is 0 Å². The molecule has 112 valence electrons. The van der Waals surface area contributed by atoms with E-state index in [-0.39, 0.29) is 6.04 Å². The fourth-order valence-corrected chi connectivity index (χ4v) is 2.79. The monoisotopic (exact) mass is 323 g/mol. The number of nitrogens with one attached hydrogen (secondary N) is 1. The van der Waals surface area contributed by atoms with Gasteiger partial charge in [0.05, 0.1) is 10.0 Å². The highest BCUT2D eigenvalue weighted by Crippen LogP contribution is 2.28. The standard InChI is InChI=1S/C16H19Cl2N3/c1-3-20-14(15-10(2)6-7-21-16(15)19)9-11-4-5-12(17)13(18)8-11/h4-8,14,20H,3,9H2,1-2H3,(H2,19,21). The highest BCUT2D eigenvalue weighted by atomic mass is 35.5. The number of aryl methyl sites for hydroxylation is 1. The summed E-state index contributed by atoms with van der Waals surface area (Å²) in [5.41, 5.74) is 9.35. The van der Waals surface area contributed by atoms with Crippen LogP contribution < -0.4 is 11.1 Å². The van der Waals surface area contributed by atoms with Gasteiger partial charge in [-0.15, -0.1) is 0 Å². The van der Waals surface area contributed by atoms with Crippen molar-refractivity contribution < 1.29 is 0 Å². The smallest absolute Gasteiger partial charge is 0.128 e. The van der Waals surface area contributed by atoms with Crippen LogP contribution in [0.15, 0.2) is 30.5 Å². The van der Waals surface area contributed by atoms with Crippen molar-refractivity contribution >= 4 is 29.0 Å². The van der Waals surface area contributed by atoms with E-state index in [1.165, 1.54) is 0 Å². The maximum Gasteiger partial charge on any atom is 0.128 e. The molecule has 1 aromatic heterocycles. The Labute approximate surface area is 135 Å². The van der Waals surface area contributed by atoms with Crippen LogP contribution in [0.4, 0.5) is 5.82 Å². The molecule has 3 N–H and O–H groups in total. The quantitative estimate of drug-likeness (QED) is 0.868. The summed E-state index contributed by atoms with van der Waals surface area (Å²) in [7, 11) is 0. The fraction of sp³-hybridized carbons (Fsp3) is 0.312. The van der Waals surface area contributed by atoms with Crippen LogP contribution >= 0.6 is 23.2 Å². The van der Waals surface area contributed by atoms with Gasteiger partial charge < -0.3 is 11.1 Å². The van der Waals surface area contributed by atoms with Crippen molar-refractivity contribution in [3.63, 3.8) is 0 Å². The van der Waals surface area contributed by atoms with Crippen molar-refractivity contribution in [1.29, 1.82) is 0 Å². The molecule has 0 aliphatic heterocycles. The van der Waals surface area contributed by atoms with Crippen LogP contribution in [-0.2, 0) is 6.42 Å². The van der Waals surface area contributed by atoms with Gasteiger partial charge in [-0.25, -0.2) is 4.98 Å². The number of halogens is 2. The molecule has 0 aliphatic rings. The number of hydrogen-bond acceptors (Lipinski definition) is 3. The molecular weight excluding hydrogens is 305 g/mol. The van der Waals surface area contributed by atoms with E-state index in [9.17, 15) is 0 Å². The zero-order chi connectivity index (χ0) is 15.4. The topological polar surface area (TPSA) is 50.9 Å². The van der Waals surface area contributed by atoms with E-state index in [4.69, 9.17) is 28.9 Å². The summed E-state index contributed by atoms with van der Waals surface area (Å²) >= 11 is 12.1. The summed E-state index contributed by atoms with van der Waals surface area (Å²) in [5, 5.41) is 4.60. The number of benzene rings is 1. The van der Waals surface area contributed by atoms with Crippen molar-refractivity contribution in [2.45, 2.75) is 26.3 Å². The van der Waals surface area contributed by atoms with Crippen LogP contribution in [0, 0.1) is 6.92 Å². The third-order valence-electron chi connectivity index (χ3n) is 3.46. The van der Waals surface area contributed by atoms with Gasteiger partial charge in [0.2, 0.25) is 0 Å². The van der Waals surface area contributed by atoms with Gasteiger partial charge in [-0.1, -0.05) is 36.2 Å². The van der Waals surface area contributed by atoms with E-state index in [1.807, 2.05) is 31.2 Å². The number of rotatable bonds is 5. The molecule has 2 aromatic rings. The third-order valence-corrected chi connectivity index (χ3v) is 4.20. The van der Waals surface area contributed by atoms with E-state index >= 15 is 0 Å². The van der Waals surface area contributed by atoms with E-state index in [2.05, 4.69) is 17.2 Å². The first-order valence-corrected chi connectivity index (χ1v) is 7.66. The molecule has 0 spiro atoms. The predicted octanol–water partition coefficient (Wildman–Crippen LogP) is 4.17. The molecule has 1 atom stereocenters. The number of aromatic nitrogens is 1. The third kappa shape index (κ3) is 3.88. The Morgan fingerprint density at radius 2 is 2.00 bits per heavy atom. The number of nitrogens with two attached hydrogens (primary N) is 1. The lowest BCUT2D eigenvalue weighted by molar-refractivity contribution is 0.547. The molecule has 0 bridgehead atoms. The molecule has 1 heterocycles. The van der Waals surface area contributed by atoms with E-state index in [0.29, 0.717) is 15.9 Å². The maximum atomic E-state index is 6.09. The van der Waals surface area contributed by atoms with Gasteiger partial charge in [0, 0.05) is 17.8 Å². The Morgan fingerprint density at radius 1 is 1.24 bits per heavy atom. The molecule has 5 heteroatoms. The van der Waals surface area contributed by atoms with Crippen LogP contribution in [0.3, 0.4) is 0 Å². The van der Waals surface area contributed by atoms with Crippen LogP contribution in [-0.4, -0.2) is 11.5 Å². The van der Waals surface area contributed by atoms with Crippen molar-refractivity contribution in [3.05, 3.63) is 57.2 Å². The van der Waals surface area contributed by atoms with Crippen molar-refractivity contribution in [2.75, 3.05) is 12.3 Å². The molecule has 21 heavy (non-hydrogen) atoms. The van der Waals surface area contributed by atoms with Gasteiger partial charge in [0.1, 0.15) is 5.82 Å². The summed E-state index contributed by atoms with van der Waals surface area (Å²) in [5.74, 6) is 0.570. The summed E-state index contributed by atoms with van der Waals surface area (Å²) in [6, 6.07) is 7.78. The highest BCUT2D eigenvalue weighted by Gasteiger charge is 2.17. The first-order chi connectivity index (χ1) is 10.0.